The Morgan fingerprint density at radius 3 is 2.92 bits per heavy atom. The van der Waals surface area contributed by atoms with Crippen molar-refractivity contribution in [3.8, 4) is 5.75 Å². The standard InChI is InChI=1S/C19H20ClNO5/c20-15-7-14-12-4-1-5-13(12)19(23)26-16(14)8-17(15)25-10-18(22)21-9-11-3-2-6-24-11/h7-8,11H,1-6,9-10H2,(H,21,22). The summed E-state index contributed by atoms with van der Waals surface area (Å²) in [5.41, 5.74) is 1.90. The molecule has 2 aromatic rings. The van der Waals surface area contributed by atoms with E-state index in [1.807, 2.05) is 0 Å². The Labute approximate surface area is 155 Å². The monoisotopic (exact) mass is 377 g/mol. The zero-order chi connectivity index (χ0) is 18.1. The fourth-order valence-corrected chi connectivity index (χ4v) is 3.84. The third kappa shape index (κ3) is 3.44. The molecule has 1 aromatic heterocycles. The number of benzene rings is 1. The molecule has 0 spiro atoms. The van der Waals surface area contributed by atoms with Gasteiger partial charge in [0.2, 0.25) is 0 Å². The summed E-state index contributed by atoms with van der Waals surface area (Å²) in [5, 5.41) is 4.03. The van der Waals surface area contributed by atoms with Gasteiger partial charge in [-0.2, -0.15) is 0 Å². The minimum Gasteiger partial charge on any atom is -0.482 e. The lowest BCUT2D eigenvalue weighted by atomic mass is 10.1. The predicted molar refractivity (Wildman–Crippen MR) is 97.0 cm³/mol. The van der Waals surface area contributed by atoms with Crippen LogP contribution in [0.1, 0.15) is 30.4 Å². The summed E-state index contributed by atoms with van der Waals surface area (Å²) in [6.45, 7) is 1.07. The van der Waals surface area contributed by atoms with E-state index in [1.54, 1.807) is 12.1 Å². The topological polar surface area (TPSA) is 77.8 Å². The molecule has 1 unspecified atom stereocenters. The van der Waals surface area contributed by atoms with Gasteiger partial charge in [0.05, 0.1) is 11.1 Å². The molecule has 2 heterocycles. The van der Waals surface area contributed by atoms with Gasteiger partial charge < -0.3 is 19.2 Å². The Balaban J connectivity index is 1.46. The average molecular weight is 378 g/mol. The Morgan fingerprint density at radius 1 is 1.27 bits per heavy atom. The molecule has 1 N–H and O–H groups in total. The second-order valence-corrected chi connectivity index (χ2v) is 7.11. The number of amides is 1. The lowest BCUT2D eigenvalue weighted by Gasteiger charge is -2.13. The Kier molecular flexibility index (Phi) is 4.87. The number of halogens is 1. The van der Waals surface area contributed by atoms with Crippen molar-refractivity contribution >= 4 is 28.5 Å². The van der Waals surface area contributed by atoms with Crippen LogP contribution in [-0.2, 0) is 22.4 Å². The van der Waals surface area contributed by atoms with E-state index in [-0.39, 0.29) is 24.2 Å². The van der Waals surface area contributed by atoms with Crippen molar-refractivity contribution in [3.63, 3.8) is 0 Å². The first-order chi connectivity index (χ1) is 12.6. The van der Waals surface area contributed by atoms with Gasteiger partial charge in [0, 0.05) is 30.2 Å². The molecule has 1 saturated heterocycles. The minimum absolute atomic E-state index is 0.0829. The number of fused-ring (bicyclic) bond motifs is 3. The minimum atomic E-state index is -0.299. The molecular weight excluding hydrogens is 358 g/mol. The first-order valence-corrected chi connectivity index (χ1v) is 9.29. The zero-order valence-electron chi connectivity index (χ0n) is 14.3. The van der Waals surface area contributed by atoms with Gasteiger partial charge in [-0.15, -0.1) is 0 Å². The molecule has 26 heavy (non-hydrogen) atoms. The third-order valence-electron chi connectivity index (χ3n) is 4.94. The summed E-state index contributed by atoms with van der Waals surface area (Å²) in [6, 6.07) is 3.34. The van der Waals surface area contributed by atoms with Crippen LogP contribution in [0.5, 0.6) is 5.75 Å². The smallest absolute Gasteiger partial charge is 0.339 e. The number of hydrogen-bond donors (Lipinski definition) is 1. The van der Waals surface area contributed by atoms with Crippen LogP contribution in [0.4, 0.5) is 0 Å². The van der Waals surface area contributed by atoms with Gasteiger partial charge in [0.1, 0.15) is 11.3 Å². The molecule has 1 fully saturated rings. The molecule has 138 valence electrons. The molecule has 1 amide bonds. The number of rotatable bonds is 5. The summed E-state index contributed by atoms with van der Waals surface area (Å²) >= 11 is 6.31. The van der Waals surface area contributed by atoms with Gasteiger partial charge in [-0.1, -0.05) is 11.6 Å². The molecule has 7 heteroatoms. The van der Waals surface area contributed by atoms with Crippen LogP contribution in [0, 0.1) is 0 Å². The molecule has 1 atom stereocenters. The molecule has 4 rings (SSSR count). The van der Waals surface area contributed by atoms with Crippen LogP contribution < -0.4 is 15.7 Å². The van der Waals surface area contributed by atoms with Crippen molar-refractivity contribution < 1.29 is 18.7 Å². The number of carbonyl (C=O) groups is 1. The molecule has 6 nitrogen and oxygen atoms in total. The maximum absolute atomic E-state index is 12.1. The lowest BCUT2D eigenvalue weighted by molar-refractivity contribution is -0.123. The van der Waals surface area contributed by atoms with Crippen LogP contribution in [0.3, 0.4) is 0 Å². The van der Waals surface area contributed by atoms with Crippen molar-refractivity contribution in [1.82, 2.24) is 5.32 Å². The van der Waals surface area contributed by atoms with E-state index in [0.717, 1.165) is 55.2 Å². The first-order valence-electron chi connectivity index (χ1n) is 8.91. The molecule has 2 aliphatic rings. The van der Waals surface area contributed by atoms with Crippen molar-refractivity contribution in [1.29, 1.82) is 0 Å². The van der Waals surface area contributed by atoms with Gasteiger partial charge in [-0.05, 0) is 43.7 Å². The second kappa shape index (κ2) is 7.29. The van der Waals surface area contributed by atoms with Gasteiger partial charge in [-0.3, -0.25) is 4.79 Å². The fourth-order valence-electron chi connectivity index (χ4n) is 3.62. The Bertz CT molecular complexity index is 901. The maximum atomic E-state index is 12.1. The number of aryl methyl sites for hydroxylation is 1. The highest BCUT2D eigenvalue weighted by molar-refractivity contribution is 6.32. The quantitative estimate of drug-likeness (QED) is 0.810. The Morgan fingerprint density at radius 2 is 2.12 bits per heavy atom. The molecular formula is C19H20ClNO5. The molecule has 1 aromatic carbocycles. The molecule has 0 bridgehead atoms. The van der Waals surface area contributed by atoms with Gasteiger partial charge >= 0.3 is 5.63 Å². The second-order valence-electron chi connectivity index (χ2n) is 6.71. The highest BCUT2D eigenvalue weighted by Crippen LogP contribution is 2.34. The first kappa shape index (κ1) is 17.4. The normalized spacial score (nSPS) is 18.9. The average Bonchev–Trinajstić information content (AvgIpc) is 3.31. The van der Waals surface area contributed by atoms with E-state index in [9.17, 15) is 9.59 Å². The van der Waals surface area contributed by atoms with Crippen molar-refractivity contribution in [3.05, 3.63) is 38.7 Å². The predicted octanol–water partition coefficient (Wildman–Crippen LogP) is 2.61. The molecule has 0 saturated carbocycles. The zero-order valence-corrected chi connectivity index (χ0v) is 15.1. The molecule has 1 aliphatic heterocycles. The van der Waals surface area contributed by atoms with Crippen molar-refractivity contribution in [2.45, 2.75) is 38.2 Å². The number of ether oxygens (including phenoxy) is 2. The van der Waals surface area contributed by atoms with E-state index >= 15 is 0 Å². The summed E-state index contributed by atoms with van der Waals surface area (Å²) in [7, 11) is 0. The van der Waals surface area contributed by atoms with E-state index in [2.05, 4.69) is 5.32 Å². The molecule has 1 aliphatic carbocycles. The summed E-state index contributed by atoms with van der Waals surface area (Å²) in [4.78, 5) is 24.0. The Hall–Kier alpha value is -2.05. The van der Waals surface area contributed by atoms with Gasteiger partial charge in [-0.25, -0.2) is 4.79 Å². The van der Waals surface area contributed by atoms with Crippen LogP contribution in [-0.4, -0.2) is 31.8 Å². The largest absolute Gasteiger partial charge is 0.482 e. The SMILES string of the molecule is O=C(COc1cc2oc(=O)c3c(c2cc1Cl)CCC3)NCC1CCCO1. The summed E-state index contributed by atoms with van der Waals surface area (Å²) < 4.78 is 16.4. The van der Waals surface area contributed by atoms with Crippen LogP contribution in [0.15, 0.2) is 21.3 Å². The van der Waals surface area contributed by atoms with Gasteiger partial charge in [0.15, 0.2) is 6.61 Å². The maximum Gasteiger partial charge on any atom is 0.339 e. The van der Waals surface area contributed by atoms with E-state index in [4.69, 9.17) is 25.5 Å². The highest BCUT2D eigenvalue weighted by Gasteiger charge is 2.21. The van der Waals surface area contributed by atoms with Crippen LogP contribution in [0.2, 0.25) is 5.02 Å². The number of hydrogen-bond acceptors (Lipinski definition) is 5. The summed E-state index contributed by atoms with van der Waals surface area (Å²) in [6.07, 6.45) is 4.60. The third-order valence-corrected chi connectivity index (χ3v) is 5.23. The summed E-state index contributed by atoms with van der Waals surface area (Å²) in [5.74, 6) is 0.0830. The highest BCUT2D eigenvalue weighted by atomic mass is 35.5. The van der Waals surface area contributed by atoms with Crippen LogP contribution >= 0.6 is 11.6 Å². The van der Waals surface area contributed by atoms with E-state index in [1.165, 1.54) is 0 Å². The lowest BCUT2D eigenvalue weighted by Crippen LogP contribution is -2.35. The fraction of sp³-hybridized carbons (Fsp3) is 0.474. The van der Waals surface area contributed by atoms with Crippen LogP contribution in [0.25, 0.3) is 11.0 Å². The van der Waals surface area contributed by atoms with Crippen molar-refractivity contribution in [2.75, 3.05) is 19.8 Å². The number of carbonyl (C=O) groups excluding carboxylic acids is 1. The van der Waals surface area contributed by atoms with Crippen molar-refractivity contribution in [2.24, 2.45) is 0 Å². The van der Waals surface area contributed by atoms with Gasteiger partial charge in [0.25, 0.3) is 5.91 Å². The van der Waals surface area contributed by atoms with E-state index in [0.29, 0.717) is 22.9 Å². The molecule has 0 radical (unpaired) electrons. The number of nitrogens with one attached hydrogen (secondary N) is 1. The van der Waals surface area contributed by atoms with E-state index < -0.39 is 0 Å².